The predicted molar refractivity (Wildman–Crippen MR) is 112 cm³/mol. The first-order chi connectivity index (χ1) is 13.7. The van der Waals surface area contributed by atoms with Gasteiger partial charge in [-0.05, 0) is 49.4 Å². The Balaban J connectivity index is 2.05. The molecule has 0 radical (unpaired) electrons. The van der Waals surface area contributed by atoms with Crippen LogP contribution in [0.15, 0.2) is 34.2 Å². The second-order valence-corrected chi connectivity index (χ2v) is 9.13. The normalized spacial score (nSPS) is 15.8. The monoisotopic (exact) mass is 423 g/mol. The molecule has 0 saturated carbocycles. The molecule has 29 heavy (non-hydrogen) atoms. The first kappa shape index (κ1) is 22.7. The van der Waals surface area contributed by atoms with Crippen LogP contribution in [0.3, 0.4) is 0 Å². The zero-order chi connectivity index (χ0) is 21.4. The summed E-state index contributed by atoms with van der Waals surface area (Å²) in [6, 6.07) is 4.27. The molecule has 5 N–H and O–H groups in total. The van der Waals surface area contributed by atoms with Crippen molar-refractivity contribution < 1.29 is 18.0 Å². The summed E-state index contributed by atoms with van der Waals surface area (Å²) >= 11 is 0. The standard InChI is InChI=1S/C19H29N5O4S/c1-13(2)12-16(23-19(20)26)18(25)22-14-7-9-15(10-8-14)29(27,28)24-17-6-4-3-5-11-21-17/h7-10,13,16H,3-6,11-12H2,1-2H3,(H,21,24)(H,22,25)(H3,20,23,26)/t16-/m0/s1. The highest BCUT2D eigenvalue weighted by molar-refractivity contribution is 7.90. The number of hydrogen-bond donors (Lipinski definition) is 4. The van der Waals surface area contributed by atoms with Crippen LogP contribution in [-0.4, -0.2) is 38.8 Å². The van der Waals surface area contributed by atoms with Crippen LogP contribution in [0.25, 0.3) is 0 Å². The van der Waals surface area contributed by atoms with Gasteiger partial charge in [0.1, 0.15) is 11.9 Å². The predicted octanol–water partition coefficient (Wildman–Crippen LogP) is 1.96. The molecule has 2 rings (SSSR count). The molecule has 1 aromatic rings. The highest BCUT2D eigenvalue weighted by atomic mass is 32.2. The summed E-state index contributed by atoms with van der Waals surface area (Å²) in [7, 11) is -3.74. The van der Waals surface area contributed by atoms with Crippen LogP contribution in [0.4, 0.5) is 10.5 Å². The average Bonchev–Trinajstić information content (AvgIpc) is 2.89. The van der Waals surface area contributed by atoms with E-state index in [0.717, 1.165) is 19.3 Å². The lowest BCUT2D eigenvalue weighted by atomic mass is 10.0. The van der Waals surface area contributed by atoms with Crippen molar-refractivity contribution in [3.63, 3.8) is 0 Å². The van der Waals surface area contributed by atoms with Gasteiger partial charge in [0.15, 0.2) is 0 Å². The van der Waals surface area contributed by atoms with Crippen LogP contribution in [0.2, 0.25) is 0 Å². The van der Waals surface area contributed by atoms with E-state index in [-0.39, 0.29) is 10.8 Å². The molecule has 1 aromatic carbocycles. The van der Waals surface area contributed by atoms with Gasteiger partial charge in [-0.25, -0.2) is 13.2 Å². The molecule has 0 fully saturated rings. The topological polar surface area (TPSA) is 143 Å². The van der Waals surface area contributed by atoms with Crippen molar-refractivity contribution >= 4 is 33.5 Å². The Labute approximate surface area is 171 Å². The van der Waals surface area contributed by atoms with E-state index in [4.69, 9.17) is 5.73 Å². The van der Waals surface area contributed by atoms with Crippen molar-refractivity contribution in [2.45, 2.75) is 56.9 Å². The van der Waals surface area contributed by atoms with Gasteiger partial charge in [-0.3, -0.25) is 14.5 Å². The van der Waals surface area contributed by atoms with E-state index in [0.29, 0.717) is 30.9 Å². The highest BCUT2D eigenvalue weighted by Crippen LogP contribution is 2.16. The van der Waals surface area contributed by atoms with Crippen LogP contribution >= 0.6 is 0 Å². The van der Waals surface area contributed by atoms with Crippen LogP contribution in [0.1, 0.15) is 46.0 Å². The maximum Gasteiger partial charge on any atom is 0.312 e. The number of nitrogens with two attached hydrogens (primary N) is 1. The highest BCUT2D eigenvalue weighted by Gasteiger charge is 2.22. The SMILES string of the molecule is CC(C)C[C@H](NC(N)=O)C(=O)Nc1ccc(S(=O)(=O)NC2=NCCCCC2)cc1. The third-order valence-electron chi connectivity index (χ3n) is 4.40. The van der Waals surface area contributed by atoms with Crippen LogP contribution in [0, 0.1) is 5.92 Å². The Morgan fingerprint density at radius 1 is 1.14 bits per heavy atom. The smallest absolute Gasteiger partial charge is 0.312 e. The summed E-state index contributed by atoms with van der Waals surface area (Å²) in [5, 5.41) is 5.10. The second kappa shape index (κ2) is 10.2. The molecule has 1 heterocycles. The lowest BCUT2D eigenvalue weighted by Crippen LogP contribution is -2.46. The fraction of sp³-hybridized carbons (Fsp3) is 0.526. The van der Waals surface area contributed by atoms with Gasteiger partial charge >= 0.3 is 6.03 Å². The number of urea groups is 1. The van der Waals surface area contributed by atoms with Gasteiger partial charge in [0.25, 0.3) is 10.0 Å². The van der Waals surface area contributed by atoms with Gasteiger partial charge in [0.2, 0.25) is 5.91 Å². The van der Waals surface area contributed by atoms with E-state index < -0.39 is 28.0 Å². The zero-order valence-electron chi connectivity index (χ0n) is 16.8. The van der Waals surface area contributed by atoms with E-state index in [9.17, 15) is 18.0 Å². The van der Waals surface area contributed by atoms with E-state index in [1.807, 2.05) is 13.8 Å². The van der Waals surface area contributed by atoms with Crippen LogP contribution < -0.4 is 21.1 Å². The summed E-state index contributed by atoms with van der Waals surface area (Å²) in [4.78, 5) is 27.9. The van der Waals surface area contributed by atoms with E-state index >= 15 is 0 Å². The summed E-state index contributed by atoms with van der Waals surface area (Å²) in [6.45, 7) is 4.47. The summed E-state index contributed by atoms with van der Waals surface area (Å²) in [5.74, 6) is 0.232. The number of anilines is 1. The summed E-state index contributed by atoms with van der Waals surface area (Å²) < 4.78 is 27.7. The quantitative estimate of drug-likeness (QED) is 0.531. The third kappa shape index (κ3) is 7.37. The number of amides is 3. The van der Waals surface area contributed by atoms with Crippen molar-refractivity contribution in [3.05, 3.63) is 24.3 Å². The maximum atomic E-state index is 12.6. The van der Waals surface area contributed by atoms with Gasteiger partial charge in [-0.15, -0.1) is 0 Å². The first-order valence-corrected chi connectivity index (χ1v) is 11.2. The molecule has 0 aliphatic carbocycles. The molecule has 0 unspecified atom stereocenters. The molecule has 1 aliphatic rings. The lowest BCUT2D eigenvalue weighted by molar-refractivity contribution is -0.118. The van der Waals surface area contributed by atoms with Gasteiger partial charge in [-0.2, -0.15) is 0 Å². The molecule has 0 bridgehead atoms. The van der Waals surface area contributed by atoms with Gasteiger partial charge in [0, 0.05) is 18.7 Å². The van der Waals surface area contributed by atoms with Crippen molar-refractivity contribution in [3.8, 4) is 0 Å². The lowest BCUT2D eigenvalue weighted by Gasteiger charge is -2.19. The Kier molecular flexibility index (Phi) is 8.00. The molecule has 3 amide bonds. The number of sulfonamides is 1. The third-order valence-corrected chi connectivity index (χ3v) is 5.80. The number of primary amides is 1. The zero-order valence-corrected chi connectivity index (χ0v) is 17.6. The number of aliphatic imine (C=N–C) groups is 1. The Morgan fingerprint density at radius 3 is 2.45 bits per heavy atom. The molecule has 1 atom stereocenters. The van der Waals surface area contributed by atoms with Gasteiger partial charge < -0.3 is 16.4 Å². The number of rotatable bonds is 7. The minimum absolute atomic E-state index is 0.0800. The fourth-order valence-corrected chi connectivity index (χ4v) is 4.08. The molecular formula is C19H29N5O4S. The van der Waals surface area contributed by atoms with E-state index in [1.165, 1.54) is 24.3 Å². The largest absolute Gasteiger partial charge is 0.352 e. The van der Waals surface area contributed by atoms with Crippen molar-refractivity contribution in [2.75, 3.05) is 11.9 Å². The van der Waals surface area contributed by atoms with Crippen molar-refractivity contribution in [2.24, 2.45) is 16.6 Å². The Morgan fingerprint density at radius 2 is 1.83 bits per heavy atom. The number of hydrogen-bond acceptors (Lipinski definition) is 5. The number of benzene rings is 1. The van der Waals surface area contributed by atoms with E-state index in [1.54, 1.807) is 0 Å². The maximum absolute atomic E-state index is 12.6. The minimum Gasteiger partial charge on any atom is -0.352 e. The first-order valence-electron chi connectivity index (χ1n) is 9.70. The molecule has 0 aromatic heterocycles. The number of carbonyl (C=O) groups excluding carboxylic acids is 2. The summed E-state index contributed by atoms with van der Waals surface area (Å²) in [6.07, 6.45) is 3.93. The number of nitrogens with zero attached hydrogens (tertiary/aromatic N) is 1. The molecular weight excluding hydrogens is 394 g/mol. The molecule has 9 nitrogen and oxygen atoms in total. The van der Waals surface area contributed by atoms with Crippen molar-refractivity contribution in [1.82, 2.24) is 10.0 Å². The van der Waals surface area contributed by atoms with Crippen LogP contribution in [-0.2, 0) is 14.8 Å². The minimum atomic E-state index is -3.74. The molecule has 1 aliphatic heterocycles. The van der Waals surface area contributed by atoms with Gasteiger partial charge in [-0.1, -0.05) is 20.3 Å². The molecule has 0 saturated heterocycles. The molecule has 10 heteroatoms. The number of amidine groups is 1. The van der Waals surface area contributed by atoms with Crippen LogP contribution in [0.5, 0.6) is 0 Å². The number of carbonyl (C=O) groups is 2. The Bertz CT molecular complexity index is 850. The van der Waals surface area contributed by atoms with E-state index in [2.05, 4.69) is 20.3 Å². The van der Waals surface area contributed by atoms with Crippen molar-refractivity contribution in [1.29, 1.82) is 0 Å². The van der Waals surface area contributed by atoms with Gasteiger partial charge in [0.05, 0.1) is 4.90 Å². The number of nitrogens with one attached hydrogen (secondary N) is 3. The molecule has 0 spiro atoms. The fourth-order valence-electron chi connectivity index (χ4n) is 2.99. The average molecular weight is 424 g/mol. The second-order valence-electron chi connectivity index (χ2n) is 7.45. The summed E-state index contributed by atoms with van der Waals surface area (Å²) in [5.41, 5.74) is 5.56. The Hall–Kier alpha value is -2.62. The molecule has 160 valence electrons.